The standard InChI is InChI=1S/C19H26F3N3O2/c20-19(21,22)27-17-8-4-1-5-15(17)13-23-18(26)14-24-9-11-25(12-10-24)16-6-2-3-7-16/h1,4-5,8,16H,2-3,6-7,9-14H2,(H,23,26). The number of para-hydroxylation sites is 1. The predicted molar refractivity (Wildman–Crippen MR) is 95.2 cm³/mol. The molecule has 0 radical (unpaired) electrons. The summed E-state index contributed by atoms with van der Waals surface area (Å²) in [7, 11) is 0. The van der Waals surface area contributed by atoms with Crippen LogP contribution >= 0.6 is 0 Å². The van der Waals surface area contributed by atoms with Gasteiger partial charge in [-0.25, -0.2) is 0 Å². The number of benzene rings is 1. The van der Waals surface area contributed by atoms with E-state index in [1.54, 1.807) is 6.07 Å². The largest absolute Gasteiger partial charge is 0.573 e. The molecule has 2 aliphatic rings. The number of piperazine rings is 1. The first-order valence-electron chi connectivity index (χ1n) is 9.47. The molecule has 3 rings (SSSR count). The summed E-state index contributed by atoms with van der Waals surface area (Å²) in [6.45, 7) is 3.91. The zero-order valence-electron chi connectivity index (χ0n) is 15.3. The molecule has 5 nitrogen and oxygen atoms in total. The average molecular weight is 385 g/mol. The highest BCUT2D eigenvalue weighted by atomic mass is 19.4. The third kappa shape index (κ3) is 6.10. The molecule has 8 heteroatoms. The van der Waals surface area contributed by atoms with Crippen molar-refractivity contribution in [2.45, 2.75) is 44.6 Å². The minimum atomic E-state index is -4.75. The maximum Gasteiger partial charge on any atom is 0.573 e. The molecule has 150 valence electrons. The molecule has 1 heterocycles. The molecule has 1 saturated heterocycles. The van der Waals surface area contributed by atoms with E-state index in [1.807, 2.05) is 0 Å². The predicted octanol–water partition coefficient (Wildman–Crippen LogP) is 2.76. The van der Waals surface area contributed by atoms with Crippen LogP contribution in [0.1, 0.15) is 31.2 Å². The molecule has 27 heavy (non-hydrogen) atoms. The molecule has 0 atom stereocenters. The van der Waals surface area contributed by atoms with Crippen LogP contribution in [-0.4, -0.2) is 60.8 Å². The van der Waals surface area contributed by atoms with E-state index in [4.69, 9.17) is 0 Å². The maximum absolute atomic E-state index is 12.5. The first-order chi connectivity index (χ1) is 12.9. The van der Waals surface area contributed by atoms with Crippen LogP contribution in [0, 0.1) is 0 Å². The fourth-order valence-electron chi connectivity index (χ4n) is 3.88. The van der Waals surface area contributed by atoms with E-state index in [0.717, 1.165) is 26.2 Å². The molecule has 0 aromatic heterocycles. The van der Waals surface area contributed by atoms with Gasteiger partial charge in [0.2, 0.25) is 5.91 Å². The van der Waals surface area contributed by atoms with Crippen LogP contribution in [0.15, 0.2) is 24.3 Å². The van der Waals surface area contributed by atoms with Crippen molar-refractivity contribution >= 4 is 5.91 Å². The number of nitrogens with zero attached hydrogens (tertiary/aromatic N) is 2. The summed E-state index contributed by atoms with van der Waals surface area (Å²) in [6.07, 6.45) is 0.429. The lowest BCUT2D eigenvalue weighted by Crippen LogP contribution is -2.51. The topological polar surface area (TPSA) is 44.8 Å². The van der Waals surface area contributed by atoms with Crippen molar-refractivity contribution in [3.63, 3.8) is 0 Å². The molecular formula is C19H26F3N3O2. The molecule has 1 saturated carbocycles. The Bertz CT molecular complexity index is 625. The van der Waals surface area contributed by atoms with Crippen molar-refractivity contribution in [3.05, 3.63) is 29.8 Å². The number of alkyl halides is 3. The van der Waals surface area contributed by atoms with E-state index in [0.29, 0.717) is 11.6 Å². The number of carbonyl (C=O) groups is 1. The van der Waals surface area contributed by atoms with Crippen LogP contribution in [0.2, 0.25) is 0 Å². The lowest BCUT2D eigenvalue weighted by molar-refractivity contribution is -0.274. The highest BCUT2D eigenvalue weighted by Crippen LogP contribution is 2.26. The Kier molecular flexibility index (Phi) is 6.59. The zero-order valence-corrected chi connectivity index (χ0v) is 15.3. The molecule has 1 aliphatic heterocycles. The minimum Gasteiger partial charge on any atom is -0.405 e. The number of hydrogen-bond acceptors (Lipinski definition) is 4. The molecule has 0 bridgehead atoms. The van der Waals surface area contributed by atoms with Crippen LogP contribution in [0.3, 0.4) is 0 Å². The molecule has 1 aromatic rings. The van der Waals surface area contributed by atoms with E-state index >= 15 is 0 Å². The SMILES string of the molecule is O=C(CN1CCN(C2CCCC2)CC1)NCc1ccccc1OC(F)(F)F. The molecule has 1 aliphatic carbocycles. The zero-order chi connectivity index (χ0) is 19.3. The number of halogens is 3. The quantitative estimate of drug-likeness (QED) is 0.818. The van der Waals surface area contributed by atoms with Crippen molar-refractivity contribution in [1.29, 1.82) is 0 Å². The first-order valence-corrected chi connectivity index (χ1v) is 9.47. The van der Waals surface area contributed by atoms with E-state index in [9.17, 15) is 18.0 Å². The van der Waals surface area contributed by atoms with E-state index in [1.165, 1.54) is 43.9 Å². The maximum atomic E-state index is 12.5. The summed E-state index contributed by atoms with van der Waals surface area (Å²) in [4.78, 5) is 16.8. The summed E-state index contributed by atoms with van der Waals surface area (Å²) in [5, 5.41) is 2.70. The number of amides is 1. The van der Waals surface area contributed by atoms with Crippen LogP contribution in [0.25, 0.3) is 0 Å². The van der Waals surface area contributed by atoms with E-state index < -0.39 is 6.36 Å². The van der Waals surface area contributed by atoms with Gasteiger partial charge in [0.15, 0.2) is 0 Å². The Morgan fingerprint density at radius 1 is 1.11 bits per heavy atom. The van der Waals surface area contributed by atoms with Crippen LogP contribution in [0.4, 0.5) is 13.2 Å². The third-order valence-electron chi connectivity index (χ3n) is 5.29. The molecule has 0 spiro atoms. The summed E-state index contributed by atoms with van der Waals surface area (Å²) < 4.78 is 41.4. The smallest absolute Gasteiger partial charge is 0.405 e. The van der Waals surface area contributed by atoms with Gasteiger partial charge < -0.3 is 10.1 Å². The molecule has 1 amide bonds. The third-order valence-corrected chi connectivity index (χ3v) is 5.29. The van der Waals surface area contributed by atoms with Crippen molar-refractivity contribution in [2.75, 3.05) is 32.7 Å². The van der Waals surface area contributed by atoms with E-state index in [2.05, 4.69) is 19.9 Å². The van der Waals surface area contributed by atoms with Gasteiger partial charge in [0, 0.05) is 44.3 Å². The number of hydrogen-bond donors (Lipinski definition) is 1. The van der Waals surface area contributed by atoms with Gasteiger partial charge in [-0.3, -0.25) is 14.6 Å². The molecule has 0 unspecified atom stereocenters. The Labute approximate surface area is 157 Å². The van der Waals surface area contributed by atoms with E-state index in [-0.39, 0.29) is 24.7 Å². The number of ether oxygens (including phenoxy) is 1. The lowest BCUT2D eigenvalue weighted by Gasteiger charge is -2.37. The molecule has 1 aromatic carbocycles. The van der Waals surface area contributed by atoms with Gasteiger partial charge in [0.25, 0.3) is 0 Å². The summed E-state index contributed by atoms with van der Waals surface area (Å²) in [5.74, 6) is -0.471. The second kappa shape index (κ2) is 8.93. The van der Waals surface area contributed by atoms with Crippen molar-refractivity contribution < 1.29 is 22.7 Å². The monoisotopic (exact) mass is 385 g/mol. The molecule has 2 fully saturated rings. The molecule has 1 N–H and O–H groups in total. The average Bonchev–Trinajstić information content (AvgIpc) is 3.15. The van der Waals surface area contributed by atoms with Crippen molar-refractivity contribution in [3.8, 4) is 5.75 Å². The normalized spacial score (nSPS) is 20.0. The number of rotatable bonds is 6. The summed E-state index contributed by atoms with van der Waals surface area (Å²) in [5.41, 5.74) is 0.300. The fourth-order valence-corrected chi connectivity index (χ4v) is 3.88. The van der Waals surface area contributed by atoms with Gasteiger partial charge >= 0.3 is 6.36 Å². The van der Waals surface area contributed by atoms with Crippen LogP contribution in [-0.2, 0) is 11.3 Å². The Balaban J connectivity index is 1.43. The fraction of sp³-hybridized carbons (Fsp3) is 0.632. The summed E-state index contributed by atoms with van der Waals surface area (Å²) >= 11 is 0. The highest BCUT2D eigenvalue weighted by molar-refractivity contribution is 5.78. The van der Waals surface area contributed by atoms with Gasteiger partial charge in [0.1, 0.15) is 5.75 Å². The Morgan fingerprint density at radius 3 is 2.44 bits per heavy atom. The molecular weight excluding hydrogens is 359 g/mol. The van der Waals surface area contributed by atoms with Crippen LogP contribution < -0.4 is 10.1 Å². The van der Waals surface area contributed by atoms with Gasteiger partial charge in [0.05, 0.1) is 6.54 Å². The van der Waals surface area contributed by atoms with Gasteiger partial charge in [-0.15, -0.1) is 13.2 Å². The summed E-state index contributed by atoms with van der Waals surface area (Å²) in [6, 6.07) is 6.55. The highest BCUT2D eigenvalue weighted by Gasteiger charge is 2.32. The second-order valence-corrected chi connectivity index (χ2v) is 7.18. The Morgan fingerprint density at radius 2 is 1.78 bits per heavy atom. The second-order valence-electron chi connectivity index (χ2n) is 7.18. The van der Waals surface area contributed by atoms with Gasteiger partial charge in [-0.05, 0) is 18.9 Å². The minimum absolute atomic E-state index is 0.00707. The number of nitrogens with one attached hydrogen (secondary N) is 1. The van der Waals surface area contributed by atoms with Crippen LogP contribution in [0.5, 0.6) is 5.75 Å². The van der Waals surface area contributed by atoms with Gasteiger partial charge in [-0.1, -0.05) is 31.0 Å². The van der Waals surface area contributed by atoms with Crippen molar-refractivity contribution in [2.24, 2.45) is 0 Å². The van der Waals surface area contributed by atoms with Crippen molar-refractivity contribution in [1.82, 2.24) is 15.1 Å². The first kappa shape index (κ1) is 19.9. The Hall–Kier alpha value is -1.80. The van der Waals surface area contributed by atoms with Gasteiger partial charge in [-0.2, -0.15) is 0 Å². The number of carbonyl (C=O) groups excluding carboxylic acids is 1. The lowest BCUT2D eigenvalue weighted by atomic mass is 10.2.